The van der Waals surface area contributed by atoms with E-state index in [2.05, 4.69) is 0 Å². The Hall–Kier alpha value is -0.363. The molecule has 0 fully saturated rings. The highest BCUT2D eigenvalue weighted by molar-refractivity contribution is 6.53. The lowest BCUT2D eigenvalue weighted by Gasteiger charge is -2.27. The van der Waals surface area contributed by atoms with Crippen molar-refractivity contribution in [2.45, 2.75) is 34.6 Å². The van der Waals surface area contributed by atoms with Gasteiger partial charge in [0.2, 0.25) is 0 Å². The molecule has 4 nitrogen and oxygen atoms in total. The molecule has 5 heteroatoms. The van der Waals surface area contributed by atoms with Gasteiger partial charge in [-0.3, -0.25) is 0 Å². The summed E-state index contributed by atoms with van der Waals surface area (Å²) >= 11 is 0. The van der Waals surface area contributed by atoms with Crippen LogP contribution in [0.3, 0.4) is 0 Å². The highest BCUT2D eigenvalue weighted by Gasteiger charge is 2.47. The van der Waals surface area contributed by atoms with Gasteiger partial charge in [-0.05, 0) is 34.6 Å². The van der Waals surface area contributed by atoms with E-state index in [1.54, 1.807) is 0 Å². The summed E-state index contributed by atoms with van der Waals surface area (Å²) in [6.07, 6.45) is 1.86. The van der Waals surface area contributed by atoms with Crippen molar-refractivity contribution >= 4 is 9.05 Å². The Morgan fingerprint density at radius 2 is 1.40 bits per heavy atom. The van der Waals surface area contributed by atoms with Gasteiger partial charge in [0, 0.05) is 19.8 Å². The summed E-state index contributed by atoms with van der Waals surface area (Å²) in [7, 11) is -2.95. The van der Waals surface area contributed by atoms with Crippen molar-refractivity contribution in [3.8, 4) is 0 Å². The molecule has 90 valence electrons. The second-order valence-electron chi connectivity index (χ2n) is 2.80. The van der Waals surface area contributed by atoms with Crippen molar-refractivity contribution in [2.24, 2.45) is 0 Å². The van der Waals surface area contributed by atoms with Gasteiger partial charge in [-0.1, -0.05) is 6.08 Å². The predicted octanol–water partition coefficient (Wildman–Crippen LogP) is 2.47. The number of hydrogen-bond donors (Lipinski definition) is 0. The van der Waals surface area contributed by atoms with Crippen LogP contribution in [0.4, 0.5) is 0 Å². The lowest BCUT2D eigenvalue weighted by Crippen LogP contribution is -2.48. The van der Waals surface area contributed by atoms with E-state index < -0.39 is 9.05 Å². The van der Waals surface area contributed by atoms with E-state index in [-0.39, 0.29) is 0 Å². The Kier molecular flexibility index (Phi) is 7.68. The van der Waals surface area contributed by atoms with E-state index in [1.807, 2.05) is 40.7 Å². The van der Waals surface area contributed by atoms with Gasteiger partial charge in [-0.25, -0.2) is 0 Å². The van der Waals surface area contributed by atoms with Crippen LogP contribution in [-0.4, -0.2) is 28.9 Å². The summed E-state index contributed by atoms with van der Waals surface area (Å²) in [5.74, 6) is 0.761. The summed E-state index contributed by atoms with van der Waals surface area (Å²) < 4.78 is 22.2. The molecule has 0 atom stereocenters. The van der Waals surface area contributed by atoms with Crippen LogP contribution in [0.15, 0.2) is 11.8 Å². The van der Waals surface area contributed by atoms with Gasteiger partial charge in [0.25, 0.3) is 0 Å². The first-order chi connectivity index (χ1) is 7.14. The second kappa shape index (κ2) is 7.87. The highest BCUT2D eigenvalue weighted by atomic mass is 28.4. The number of rotatable bonds is 8. The summed E-state index contributed by atoms with van der Waals surface area (Å²) in [4.78, 5) is 0. The van der Waals surface area contributed by atoms with E-state index in [4.69, 9.17) is 17.7 Å². The van der Waals surface area contributed by atoms with Gasteiger partial charge in [0.1, 0.15) is 0 Å². The van der Waals surface area contributed by atoms with Crippen LogP contribution in [0.1, 0.15) is 34.6 Å². The maximum atomic E-state index is 5.64. The van der Waals surface area contributed by atoms with Crippen molar-refractivity contribution in [1.29, 1.82) is 0 Å². The minimum absolute atomic E-state index is 0.517. The molecule has 0 aromatic carbocycles. The fraction of sp³-hybridized carbons (Fsp3) is 0.800. The SMILES string of the molecule is C/C=C(/C)O[Si](OCC)(OCC)OCC. The molecule has 0 heterocycles. The predicted molar refractivity (Wildman–Crippen MR) is 61.1 cm³/mol. The number of hydrogen-bond acceptors (Lipinski definition) is 4. The molecule has 0 aliphatic heterocycles. The molecule has 0 amide bonds. The molecule has 0 saturated heterocycles. The maximum Gasteiger partial charge on any atom is 0.749 e. The van der Waals surface area contributed by atoms with Crippen LogP contribution in [0.2, 0.25) is 0 Å². The van der Waals surface area contributed by atoms with Crippen molar-refractivity contribution in [2.75, 3.05) is 19.8 Å². The first-order valence-corrected chi connectivity index (χ1v) is 7.01. The van der Waals surface area contributed by atoms with Crippen molar-refractivity contribution < 1.29 is 17.7 Å². The zero-order chi connectivity index (χ0) is 11.7. The zero-order valence-electron chi connectivity index (χ0n) is 10.3. The van der Waals surface area contributed by atoms with Gasteiger partial charge in [0.15, 0.2) is 0 Å². The Morgan fingerprint density at radius 3 is 1.67 bits per heavy atom. The van der Waals surface area contributed by atoms with E-state index in [0.29, 0.717) is 19.8 Å². The fourth-order valence-corrected chi connectivity index (χ4v) is 3.00. The second-order valence-corrected chi connectivity index (χ2v) is 4.87. The third-order valence-corrected chi connectivity index (χ3v) is 4.15. The van der Waals surface area contributed by atoms with Crippen LogP contribution in [0.5, 0.6) is 0 Å². The quantitative estimate of drug-likeness (QED) is 0.477. The molecule has 0 spiro atoms. The third kappa shape index (κ3) is 5.32. The first-order valence-electron chi connectivity index (χ1n) is 5.37. The van der Waals surface area contributed by atoms with Crippen LogP contribution in [0.25, 0.3) is 0 Å². The van der Waals surface area contributed by atoms with Crippen molar-refractivity contribution in [3.63, 3.8) is 0 Å². The van der Waals surface area contributed by atoms with Gasteiger partial charge in [-0.2, -0.15) is 0 Å². The van der Waals surface area contributed by atoms with Gasteiger partial charge >= 0.3 is 9.05 Å². The van der Waals surface area contributed by atoms with Crippen LogP contribution < -0.4 is 0 Å². The molecule has 0 bridgehead atoms. The molecule has 0 aromatic rings. The molecule has 15 heavy (non-hydrogen) atoms. The standard InChI is InChI=1S/C10H22O4Si/c1-6-10(5)14-15(11-7-2,12-8-3)13-9-4/h6H,7-9H2,1-5H3/b10-6-. The Bertz CT molecular complexity index is 177. The summed E-state index contributed by atoms with van der Waals surface area (Å²) in [5.41, 5.74) is 0. The first kappa shape index (κ1) is 14.6. The van der Waals surface area contributed by atoms with E-state index in [1.165, 1.54) is 0 Å². The van der Waals surface area contributed by atoms with Crippen LogP contribution in [0, 0.1) is 0 Å². The third-order valence-electron chi connectivity index (χ3n) is 1.66. The zero-order valence-corrected chi connectivity index (χ0v) is 11.3. The normalized spacial score (nSPS) is 13.0. The molecule has 0 aliphatic rings. The van der Waals surface area contributed by atoms with Gasteiger partial charge in [-0.15, -0.1) is 0 Å². The van der Waals surface area contributed by atoms with Crippen LogP contribution >= 0.6 is 0 Å². The monoisotopic (exact) mass is 234 g/mol. The molecule has 0 aromatic heterocycles. The molecule has 0 unspecified atom stereocenters. The van der Waals surface area contributed by atoms with Gasteiger partial charge < -0.3 is 17.7 Å². The Morgan fingerprint density at radius 1 is 1.00 bits per heavy atom. The minimum atomic E-state index is -2.95. The van der Waals surface area contributed by atoms with E-state index in [9.17, 15) is 0 Å². The summed E-state index contributed by atoms with van der Waals surface area (Å²) in [6, 6.07) is 0. The average Bonchev–Trinajstić information content (AvgIpc) is 2.18. The van der Waals surface area contributed by atoms with E-state index >= 15 is 0 Å². The molecule has 0 aliphatic carbocycles. The van der Waals surface area contributed by atoms with Crippen LogP contribution in [-0.2, 0) is 17.7 Å². The fourth-order valence-electron chi connectivity index (χ4n) is 1.000. The molecule has 0 rings (SSSR count). The maximum absolute atomic E-state index is 5.64. The molecule has 0 saturated carbocycles. The number of allylic oxidation sites excluding steroid dienone is 2. The van der Waals surface area contributed by atoms with Gasteiger partial charge in [0.05, 0.1) is 5.76 Å². The average molecular weight is 234 g/mol. The Balaban J connectivity index is 4.59. The van der Waals surface area contributed by atoms with E-state index in [0.717, 1.165) is 5.76 Å². The van der Waals surface area contributed by atoms with Crippen molar-refractivity contribution in [1.82, 2.24) is 0 Å². The lowest BCUT2D eigenvalue weighted by atomic mass is 10.5. The molecule has 0 N–H and O–H groups in total. The Labute approximate surface area is 93.7 Å². The minimum Gasteiger partial charge on any atom is -0.485 e. The molecular formula is C10H22O4Si. The summed E-state index contributed by atoms with van der Waals surface area (Å²) in [5, 5.41) is 0. The molecule has 0 radical (unpaired) electrons. The summed E-state index contributed by atoms with van der Waals surface area (Å²) in [6.45, 7) is 11.0. The smallest absolute Gasteiger partial charge is 0.485 e. The lowest BCUT2D eigenvalue weighted by molar-refractivity contribution is -0.00986. The van der Waals surface area contributed by atoms with Crippen molar-refractivity contribution in [3.05, 3.63) is 11.8 Å². The largest absolute Gasteiger partial charge is 0.749 e. The highest BCUT2D eigenvalue weighted by Crippen LogP contribution is 2.16. The topological polar surface area (TPSA) is 36.9 Å². The molecular weight excluding hydrogens is 212 g/mol.